The van der Waals surface area contributed by atoms with Crippen LogP contribution in [0.4, 0.5) is 5.69 Å². The minimum Gasteiger partial charge on any atom is -0.491 e. The highest BCUT2D eigenvalue weighted by Crippen LogP contribution is 2.35. The van der Waals surface area contributed by atoms with Gasteiger partial charge in [-0.1, -0.05) is 23.7 Å². The first-order chi connectivity index (χ1) is 14.7. The molecular weight excluding hydrogens is 400 g/mol. The predicted octanol–water partition coefficient (Wildman–Crippen LogP) is 5.61. The van der Waals surface area contributed by atoms with Crippen molar-refractivity contribution in [2.75, 3.05) is 38.4 Å². The summed E-state index contributed by atoms with van der Waals surface area (Å²) in [7, 11) is 0. The van der Waals surface area contributed by atoms with E-state index in [-0.39, 0.29) is 0 Å². The summed E-state index contributed by atoms with van der Waals surface area (Å²) in [6.07, 6.45) is 6.44. The molecule has 0 radical (unpaired) electrons. The normalized spacial score (nSPS) is 18.9. The number of anilines is 1. The molecule has 1 aromatic carbocycles. The second-order valence-corrected chi connectivity index (χ2v) is 8.06. The smallest absolute Gasteiger partial charge is 0.119 e. The van der Waals surface area contributed by atoms with Gasteiger partial charge in [0.2, 0.25) is 0 Å². The molecule has 1 aromatic heterocycles. The molecule has 5 nitrogen and oxygen atoms in total. The largest absolute Gasteiger partial charge is 0.491 e. The van der Waals surface area contributed by atoms with E-state index in [1.165, 1.54) is 18.4 Å². The number of rotatable bonds is 11. The van der Waals surface area contributed by atoms with Gasteiger partial charge in [0.15, 0.2) is 0 Å². The average molecular weight is 433 g/mol. The number of benzene rings is 1. The van der Waals surface area contributed by atoms with Crippen LogP contribution in [0.25, 0.3) is 0 Å². The Labute approximate surface area is 185 Å². The molecule has 1 fully saturated rings. The van der Waals surface area contributed by atoms with Crippen molar-refractivity contribution >= 4 is 17.3 Å². The summed E-state index contributed by atoms with van der Waals surface area (Å²) in [6, 6.07) is 11.0. The highest BCUT2D eigenvalue weighted by atomic mass is 35.5. The molecule has 1 N–H and O–H groups in total. The molecule has 0 unspecified atom stereocenters. The van der Waals surface area contributed by atoms with Crippen molar-refractivity contribution in [1.82, 2.24) is 4.98 Å². The number of aryl methyl sites for hydroxylation is 1. The first kappa shape index (κ1) is 22.9. The third-order valence-corrected chi connectivity index (χ3v) is 6.05. The number of hydrogen-bond donors (Lipinski definition) is 1. The molecule has 1 aliphatic rings. The van der Waals surface area contributed by atoms with Crippen molar-refractivity contribution in [2.45, 2.75) is 51.5 Å². The van der Waals surface area contributed by atoms with Crippen molar-refractivity contribution in [1.29, 1.82) is 0 Å². The van der Waals surface area contributed by atoms with Gasteiger partial charge in [-0.25, -0.2) is 0 Å². The molecule has 0 aliphatic heterocycles. The van der Waals surface area contributed by atoms with Crippen LogP contribution in [0.5, 0.6) is 5.75 Å². The Morgan fingerprint density at radius 2 is 1.67 bits per heavy atom. The molecule has 0 atom stereocenters. The molecule has 0 spiro atoms. The number of ether oxygens (including phenoxy) is 3. The van der Waals surface area contributed by atoms with E-state index in [4.69, 9.17) is 25.8 Å². The fraction of sp³-hybridized carbons (Fsp3) is 0.542. The van der Waals surface area contributed by atoms with Crippen LogP contribution in [-0.2, 0) is 9.47 Å². The van der Waals surface area contributed by atoms with E-state index in [0.717, 1.165) is 41.6 Å². The summed E-state index contributed by atoms with van der Waals surface area (Å²) in [5.74, 6) is 1.50. The van der Waals surface area contributed by atoms with Crippen LogP contribution in [-0.4, -0.2) is 44.1 Å². The second-order valence-electron chi connectivity index (χ2n) is 7.68. The number of pyridine rings is 1. The number of aromatic nitrogens is 1. The van der Waals surface area contributed by atoms with Crippen molar-refractivity contribution in [2.24, 2.45) is 0 Å². The van der Waals surface area contributed by atoms with Crippen LogP contribution >= 0.6 is 11.6 Å². The van der Waals surface area contributed by atoms with E-state index < -0.39 is 0 Å². The zero-order valence-electron chi connectivity index (χ0n) is 18.0. The maximum absolute atomic E-state index is 6.38. The Morgan fingerprint density at radius 1 is 0.967 bits per heavy atom. The van der Waals surface area contributed by atoms with E-state index in [0.29, 0.717) is 38.4 Å². The summed E-state index contributed by atoms with van der Waals surface area (Å²) < 4.78 is 16.5. The summed E-state index contributed by atoms with van der Waals surface area (Å²) in [5, 5.41) is 4.34. The average Bonchev–Trinajstić information content (AvgIpc) is 2.77. The molecule has 30 heavy (non-hydrogen) atoms. The topological polar surface area (TPSA) is 52.6 Å². The highest BCUT2D eigenvalue weighted by molar-refractivity contribution is 6.33. The third-order valence-electron chi connectivity index (χ3n) is 5.57. The van der Waals surface area contributed by atoms with Gasteiger partial charge >= 0.3 is 0 Å². The Morgan fingerprint density at radius 3 is 2.40 bits per heavy atom. The van der Waals surface area contributed by atoms with Gasteiger partial charge in [0.05, 0.1) is 36.2 Å². The predicted molar refractivity (Wildman–Crippen MR) is 122 cm³/mol. The zero-order valence-corrected chi connectivity index (χ0v) is 18.8. The summed E-state index contributed by atoms with van der Waals surface area (Å²) in [5.41, 5.74) is 3.26. The number of nitrogens with zero attached hydrogens (tertiary/aromatic N) is 1. The number of hydrogen-bond acceptors (Lipinski definition) is 5. The van der Waals surface area contributed by atoms with Crippen LogP contribution in [0.1, 0.15) is 49.8 Å². The Bertz CT molecular complexity index is 762. The number of halogens is 1. The van der Waals surface area contributed by atoms with Crippen molar-refractivity contribution in [3.05, 3.63) is 52.8 Å². The van der Waals surface area contributed by atoms with Crippen molar-refractivity contribution < 1.29 is 14.2 Å². The van der Waals surface area contributed by atoms with Crippen LogP contribution < -0.4 is 10.1 Å². The molecule has 1 saturated carbocycles. The lowest BCUT2D eigenvalue weighted by Gasteiger charge is -2.30. The van der Waals surface area contributed by atoms with Gasteiger partial charge in [0.1, 0.15) is 12.4 Å². The van der Waals surface area contributed by atoms with Crippen LogP contribution in [0.3, 0.4) is 0 Å². The first-order valence-corrected chi connectivity index (χ1v) is 11.3. The minimum absolute atomic E-state index is 0.464. The van der Waals surface area contributed by atoms with Gasteiger partial charge in [-0.3, -0.25) is 4.98 Å². The summed E-state index contributed by atoms with van der Waals surface area (Å²) >= 11 is 6.38. The Balaban J connectivity index is 1.38. The van der Waals surface area contributed by atoms with E-state index in [9.17, 15) is 0 Å². The van der Waals surface area contributed by atoms with Gasteiger partial charge in [-0.15, -0.1) is 0 Å². The molecule has 6 heteroatoms. The second kappa shape index (κ2) is 12.1. The van der Waals surface area contributed by atoms with E-state index in [2.05, 4.69) is 34.6 Å². The SMILES string of the molecule is CCOCCOCCOc1ccc(C2CCC(Nc3ccnc(C)c3Cl)CC2)cc1. The van der Waals surface area contributed by atoms with Gasteiger partial charge in [0.25, 0.3) is 0 Å². The third kappa shape index (κ3) is 6.86. The fourth-order valence-corrected chi connectivity index (χ4v) is 4.04. The standard InChI is InChI=1S/C24H33ClN2O3/c1-3-28-14-15-29-16-17-30-22-10-6-20(7-11-22)19-4-8-21(9-5-19)27-23-12-13-26-18(2)24(23)25/h6-7,10-13,19,21H,3-5,8-9,14-17H2,1-2H3,(H,26,27). The van der Waals surface area contributed by atoms with Gasteiger partial charge in [0, 0.05) is 18.8 Å². The zero-order chi connectivity index (χ0) is 21.2. The number of nitrogens with one attached hydrogen (secondary N) is 1. The summed E-state index contributed by atoms with van der Waals surface area (Å²) in [6.45, 7) is 7.02. The van der Waals surface area contributed by atoms with Crippen LogP contribution in [0.2, 0.25) is 5.02 Å². The quantitative estimate of drug-likeness (QED) is 0.467. The lowest BCUT2D eigenvalue weighted by Crippen LogP contribution is -2.25. The molecule has 0 amide bonds. The first-order valence-electron chi connectivity index (χ1n) is 10.9. The van der Waals surface area contributed by atoms with Gasteiger partial charge < -0.3 is 19.5 Å². The lowest BCUT2D eigenvalue weighted by molar-refractivity contribution is 0.0405. The summed E-state index contributed by atoms with van der Waals surface area (Å²) in [4.78, 5) is 4.24. The van der Waals surface area contributed by atoms with E-state index in [1.54, 1.807) is 0 Å². The molecule has 164 valence electrons. The Kier molecular flexibility index (Phi) is 9.25. The van der Waals surface area contributed by atoms with Crippen LogP contribution in [0, 0.1) is 6.92 Å². The maximum Gasteiger partial charge on any atom is 0.119 e. The van der Waals surface area contributed by atoms with Gasteiger partial charge in [-0.05, 0) is 69.2 Å². The van der Waals surface area contributed by atoms with E-state index in [1.807, 2.05) is 26.1 Å². The molecule has 1 heterocycles. The maximum atomic E-state index is 6.38. The molecule has 1 aliphatic carbocycles. The van der Waals surface area contributed by atoms with Crippen molar-refractivity contribution in [3.63, 3.8) is 0 Å². The Hall–Kier alpha value is -1.82. The van der Waals surface area contributed by atoms with E-state index >= 15 is 0 Å². The highest BCUT2D eigenvalue weighted by Gasteiger charge is 2.23. The van der Waals surface area contributed by atoms with Crippen LogP contribution in [0.15, 0.2) is 36.5 Å². The fourth-order valence-electron chi connectivity index (χ4n) is 3.87. The molecule has 3 rings (SSSR count). The molecule has 2 aromatic rings. The molecule has 0 saturated heterocycles. The minimum atomic E-state index is 0.464. The molecular formula is C24H33ClN2O3. The lowest BCUT2D eigenvalue weighted by atomic mass is 9.81. The molecule has 0 bridgehead atoms. The van der Waals surface area contributed by atoms with Crippen molar-refractivity contribution in [3.8, 4) is 5.75 Å². The van der Waals surface area contributed by atoms with Gasteiger partial charge in [-0.2, -0.15) is 0 Å². The monoisotopic (exact) mass is 432 g/mol.